The number of nitrogens with one attached hydrogen (secondary N) is 1. The van der Waals surface area contributed by atoms with E-state index in [-0.39, 0.29) is 24.2 Å². The monoisotopic (exact) mass is 358 g/mol. The van der Waals surface area contributed by atoms with Gasteiger partial charge in [0.25, 0.3) is 0 Å². The molecular formula is C17H15ClN4O3. The lowest BCUT2D eigenvalue weighted by molar-refractivity contribution is 0.174. The number of aromatic amines is 1. The molecule has 1 atom stereocenters. The lowest BCUT2D eigenvalue weighted by Crippen LogP contribution is -2.21. The second-order valence-corrected chi connectivity index (χ2v) is 6.57. The molecule has 25 heavy (non-hydrogen) atoms. The van der Waals surface area contributed by atoms with Crippen molar-refractivity contribution in [2.75, 3.05) is 6.79 Å². The third kappa shape index (κ3) is 2.29. The second kappa shape index (κ2) is 5.60. The molecule has 0 amide bonds. The van der Waals surface area contributed by atoms with Crippen LogP contribution >= 0.6 is 11.6 Å². The number of halogens is 1. The zero-order valence-corrected chi connectivity index (χ0v) is 14.3. The number of H-pyrrole nitrogens is 1. The van der Waals surface area contributed by atoms with Crippen LogP contribution in [-0.4, -0.2) is 17.0 Å². The first-order valence-electron chi connectivity index (χ1n) is 7.76. The Labute approximate surface area is 148 Å². The predicted octanol–water partition coefficient (Wildman–Crippen LogP) is 3.13. The first-order valence-corrected chi connectivity index (χ1v) is 8.13. The highest BCUT2D eigenvalue weighted by atomic mass is 35.5. The van der Waals surface area contributed by atoms with Crippen LogP contribution in [0.15, 0.2) is 23.6 Å². The quantitative estimate of drug-likeness (QED) is 0.854. The number of nitrogens with two attached hydrogens (primary N) is 1. The van der Waals surface area contributed by atoms with Crippen molar-refractivity contribution in [1.29, 1.82) is 5.26 Å². The smallest absolute Gasteiger partial charge is 0.244 e. The van der Waals surface area contributed by atoms with Gasteiger partial charge in [-0.1, -0.05) is 25.4 Å². The van der Waals surface area contributed by atoms with Crippen molar-refractivity contribution in [1.82, 2.24) is 10.2 Å². The number of allylic oxidation sites excluding steroid dienone is 1. The van der Waals surface area contributed by atoms with Crippen LogP contribution in [-0.2, 0) is 0 Å². The number of hydrogen-bond donors (Lipinski definition) is 2. The van der Waals surface area contributed by atoms with E-state index in [2.05, 4.69) is 16.3 Å². The molecule has 128 valence electrons. The van der Waals surface area contributed by atoms with Gasteiger partial charge in [-0.05, 0) is 17.5 Å². The number of ether oxygens (including phenoxy) is 3. The number of hydrogen-bond acceptors (Lipinski definition) is 6. The third-order valence-corrected chi connectivity index (χ3v) is 4.68. The highest BCUT2D eigenvalue weighted by molar-refractivity contribution is 6.31. The number of rotatable bonds is 2. The summed E-state index contributed by atoms with van der Waals surface area (Å²) in [7, 11) is 0. The van der Waals surface area contributed by atoms with E-state index in [1.54, 1.807) is 12.1 Å². The molecule has 2 aromatic rings. The highest BCUT2D eigenvalue weighted by Crippen LogP contribution is 2.49. The van der Waals surface area contributed by atoms with Gasteiger partial charge in [0.15, 0.2) is 11.5 Å². The summed E-state index contributed by atoms with van der Waals surface area (Å²) in [4.78, 5) is 0. The molecular weight excluding hydrogens is 344 g/mol. The van der Waals surface area contributed by atoms with Crippen molar-refractivity contribution in [2.24, 2.45) is 5.73 Å². The van der Waals surface area contributed by atoms with E-state index in [0.717, 1.165) is 11.3 Å². The lowest BCUT2D eigenvalue weighted by atomic mass is 9.82. The zero-order valence-electron chi connectivity index (χ0n) is 13.6. The maximum atomic E-state index is 9.67. The van der Waals surface area contributed by atoms with Gasteiger partial charge in [-0.15, -0.1) is 5.10 Å². The van der Waals surface area contributed by atoms with E-state index in [1.165, 1.54) is 0 Å². The molecule has 0 fully saturated rings. The van der Waals surface area contributed by atoms with Gasteiger partial charge in [0.05, 0.1) is 11.5 Å². The fraction of sp³-hybridized carbons (Fsp3) is 0.294. The summed E-state index contributed by atoms with van der Waals surface area (Å²) in [6.45, 7) is 4.19. The van der Waals surface area contributed by atoms with Gasteiger partial charge in [-0.2, -0.15) is 5.26 Å². The summed E-state index contributed by atoms with van der Waals surface area (Å²) >= 11 is 6.50. The number of nitriles is 1. The third-order valence-electron chi connectivity index (χ3n) is 4.35. The fourth-order valence-corrected chi connectivity index (χ4v) is 3.44. The molecule has 0 aliphatic carbocycles. The Hall–Kier alpha value is -2.85. The van der Waals surface area contributed by atoms with Crippen molar-refractivity contribution in [2.45, 2.75) is 25.7 Å². The van der Waals surface area contributed by atoms with Crippen LogP contribution in [0.25, 0.3) is 0 Å². The molecule has 2 aliphatic rings. The molecule has 3 N–H and O–H groups in total. The molecule has 1 aromatic carbocycles. The Morgan fingerprint density at radius 3 is 2.76 bits per heavy atom. The molecule has 0 radical (unpaired) electrons. The number of benzene rings is 1. The zero-order chi connectivity index (χ0) is 17.7. The number of fused-ring (bicyclic) bond motifs is 2. The average Bonchev–Trinajstić information content (AvgIpc) is 3.18. The minimum absolute atomic E-state index is 0.0236. The summed E-state index contributed by atoms with van der Waals surface area (Å²) in [5.41, 5.74) is 8.58. The summed E-state index contributed by atoms with van der Waals surface area (Å²) in [6, 6.07) is 5.62. The fourth-order valence-electron chi connectivity index (χ4n) is 3.17. The van der Waals surface area contributed by atoms with Gasteiger partial charge in [0, 0.05) is 16.8 Å². The van der Waals surface area contributed by atoms with E-state index >= 15 is 0 Å². The minimum atomic E-state index is -0.494. The Kier molecular flexibility index (Phi) is 3.51. The van der Waals surface area contributed by atoms with E-state index in [4.69, 9.17) is 31.5 Å². The number of nitrogens with zero attached hydrogens (tertiary/aromatic N) is 2. The van der Waals surface area contributed by atoms with Crippen molar-refractivity contribution >= 4 is 11.6 Å². The van der Waals surface area contributed by atoms with Crippen molar-refractivity contribution in [3.05, 3.63) is 45.4 Å². The topological polar surface area (TPSA) is 106 Å². The summed E-state index contributed by atoms with van der Waals surface area (Å²) in [5, 5.41) is 17.3. The predicted molar refractivity (Wildman–Crippen MR) is 89.5 cm³/mol. The SMILES string of the molecule is CC(C)c1[nH]nc2c1C(c1cc3c(cc1Cl)OCO3)C(C#N)=C(N)O2. The minimum Gasteiger partial charge on any atom is -0.454 e. The molecule has 4 rings (SSSR count). The lowest BCUT2D eigenvalue weighted by Gasteiger charge is -2.25. The average molecular weight is 359 g/mol. The molecule has 1 aromatic heterocycles. The molecule has 1 unspecified atom stereocenters. The summed E-state index contributed by atoms with van der Waals surface area (Å²) < 4.78 is 16.4. The molecule has 0 spiro atoms. The number of aromatic nitrogens is 2. The Morgan fingerprint density at radius 2 is 2.08 bits per heavy atom. The van der Waals surface area contributed by atoms with Gasteiger partial charge in [-0.3, -0.25) is 5.10 Å². The van der Waals surface area contributed by atoms with Gasteiger partial charge in [-0.25, -0.2) is 0 Å². The van der Waals surface area contributed by atoms with Crippen LogP contribution < -0.4 is 19.9 Å². The van der Waals surface area contributed by atoms with E-state index in [1.807, 2.05) is 13.8 Å². The Morgan fingerprint density at radius 1 is 1.36 bits per heavy atom. The Balaban J connectivity index is 1.97. The first-order chi connectivity index (χ1) is 12.0. The van der Waals surface area contributed by atoms with Crippen LogP contribution in [0.1, 0.15) is 42.5 Å². The van der Waals surface area contributed by atoms with Gasteiger partial charge >= 0.3 is 0 Å². The van der Waals surface area contributed by atoms with Crippen molar-refractivity contribution in [3.63, 3.8) is 0 Å². The summed E-state index contributed by atoms with van der Waals surface area (Å²) in [6.07, 6.45) is 0. The van der Waals surface area contributed by atoms with Crippen molar-refractivity contribution < 1.29 is 14.2 Å². The van der Waals surface area contributed by atoms with E-state index < -0.39 is 5.92 Å². The maximum Gasteiger partial charge on any atom is 0.244 e. The summed E-state index contributed by atoms with van der Waals surface area (Å²) in [5.74, 6) is 1.20. The Bertz CT molecular complexity index is 942. The maximum absolute atomic E-state index is 9.67. The molecule has 3 heterocycles. The molecule has 8 heteroatoms. The van der Waals surface area contributed by atoms with Crippen LogP contribution in [0.3, 0.4) is 0 Å². The second-order valence-electron chi connectivity index (χ2n) is 6.16. The van der Waals surface area contributed by atoms with Crippen LogP contribution in [0.4, 0.5) is 0 Å². The van der Waals surface area contributed by atoms with E-state index in [0.29, 0.717) is 28.0 Å². The van der Waals surface area contributed by atoms with Gasteiger partial charge < -0.3 is 19.9 Å². The molecule has 2 aliphatic heterocycles. The highest BCUT2D eigenvalue weighted by Gasteiger charge is 2.37. The normalized spacial score (nSPS) is 18.1. The van der Waals surface area contributed by atoms with Crippen LogP contribution in [0.5, 0.6) is 17.4 Å². The molecule has 0 saturated carbocycles. The first kappa shape index (κ1) is 15.7. The van der Waals surface area contributed by atoms with Crippen LogP contribution in [0.2, 0.25) is 5.02 Å². The standard InChI is InChI=1S/C17H15ClN4O3/c1-7(2)15-14-13(9(5-19)16(20)25-17(14)22-21-15)8-3-11-12(4-10(8)18)24-6-23-11/h3-4,7,13H,6,20H2,1-2H3,(H,21,22). The molecule has 0 bridgehead atoms. The molecule has 7 nitrogen and oxygen atoms in total. The van der Waals surface area contributed by atoms with E-state index in [9.17, 15) is 5.26 Å². The van der Waals surface area contributed by atoms with Gasteiger partial charge in [0.2, 0.25) is 18.6 Å². The largest absolute Gasteiger partial charge is 0.454 e. The molecule has 0 saturated heterocycles. The van der Waals surface area contributed by atoms with Gasteiger partial charge in [0.1, 0.15) is 11.6 Å². The van der Waals surface area contributed by atoms with Crippen molar-refractivity contribution in [3.8, 4) is 23.4 Å². The van der Waals surface area contributed by atoms with Crippen LogP contribution in [0, 0.1) is 11.3 Å².